The van der Waals surface area contributed by atoms with Crippen LogP contribution in [-0.4, -0.2) is 14.7 Å². The Bertz CT molecular complexity index is 992. The summed E-state index contributed by atoms with van der Waals surface area (Å²) in [6.45, 7) is 7.49. The van der Waals surface area contributed by atoms with Crippen LogP contribution in [0.4, 0.5) is 0 Å². The zero-order valence-electron chi connectivity index (χ0n) is 22.6. The molecular weight excluding hydrogens is 428 g/mol. The molecular formula is C32H48N2O. The molecule has 1 heterocycles. The number of benzene rings is 2. The molecule has 0 fully saturated rings. The van der Waals surface area contributed by atoms with Crippen LogP contribution >= 0.6 is 0 Å². The van der Waals surface area contributed by atoms with Gasteiger partial charge in [0.1, 0.15) is 11.9 Å². The molecule has 1 aromatic heterocycles. The van der Waals surface area contributed by atoms with Crippen LogP contribution in [0.15, 0.2) is 42.5 Å². The molecule has 3 nitrogen and oxygen atoms in total. The van der Waals surface area contributed by atoms with Gasteiger partial charge in [-0.1, -0.05) is 121 Å². The number of aromatic nitrogens is 2. The van der Waals surface area contributed by atoms with Crippen LogP contribution in [0.5, 0.6) is 0 Å². The van der Waals surface area contributed by atoms with Crippen LogP contribution in [0.2, 0.25) is 0 Å². The van der Waals surface area contributed by atoms with E-state index in [-0.39, 0.29) is 0 Å². The van der Waals surface area contributed by atoms with Crippen LogP contribution in [0.25, 0.3) is 11.0 Å². The number of hydrogen-bond acceptors (Lipinski definition) is 2. The lowest BCUT2D eigenvalue weighted by atomic mass is 10.0. The van der Waals surface area contributed by atoms with Gasteiger partial charge in [0.2, 0.25) is 0 Å². The minimum Gasteiger partial charge on any atom is -0.380 e. The number of aryl methyl sites for hydroxylation is 3. The summed E-state index contributed by atoms with van der Waals surface area (Å²) in [6, 6.07) is 14.3. The second-order valence-corrected chi connectivity index (χ2v) is 10.5. The summed E-state index contributed by atoms with van der Waals surface area (Å²) in [6.07, 6.45) is 18.4. The first kappa shape index (κ1) is 27.5. The number of fused-ring (bicyclic) bond motifs is 1. The number of aliphatic hydroxyl groups is 1. The minimum absolute atomic E-state index is 0.698. The van der Waals surface area contributed by atoms with Crippen molar-refractivity contribution in [2.75, 3.05) is 0 Å². The summed E-state index contributed by atoms with van der Waals surface area (Å²) in [7, 11) is 0. The lowest BCUT2D eigenvalue weighted by Crippen LogP contribution is -2.10. The van der Waals surface area contributed by atoms with E-state index in [1.54, 1.807) is 0 Å². The van der Waals surface area contributed by atoms with E-state index in [0.717, 1.165) is 35.4 Å². The zero-order valence-corrected chi connectivity index (χ0v) is 22.6. The van der Waals surface area contributed by atoms with Crippen molar-refractivity contribution in [2.24, 2.45) is 0 Å². The van der Waals surface area contributed by atoms with Crippen LogP contribution in [0.3, 0.4) is 0 Å². The standard InChI is InChI=1S/C32H48N2O/c1-4-5-6-7-8-9-10-11-12-13-14-15-16-20-23-34-30-25-27(3)26(2)24-29(30)33-32(34)31(35)28-21-18-17-19-22-28/h17-19,21-22,24-25,31,35H,4-16,20,23H2,1-3H3. The van der Waals surface area contributed by atoms with Crippen LogP contribution in [0.1, 0.15) is 125 Å². The Morgan fingerprint density at radius 1 is 0.714 bits per heavy atom. The molecule has 0 aliphatic rings. The van der Waals surface area contributed by atoms with Crippen molar-refractivity contribution in [1.82, 2.24) is 9.55 Å². The zero-order chi connectivity index (χ0) is 24.9. The largest absolute Gasteiger partial charge is 0.380 e. The Kier molecular flexibility index (Phi) is 11.8. The summed E-state index contributed by atoms with van der Waals surface area (Å²) in [5.41, 5.74) is 5.56. The van der Waals surface area contributed by atoms with Gasteiger partial charge in [-0.15, -0.1) is 0 Å². The van der Waals surface area contributed by atoms with Crippen molar-refractivity contribution in [2.45, 2.75) is 123 Å². The Labute approximate surface area is 214 Å². The van der Waals surface area contributed by atoms with Crippen molar-refractivity contribution in [3.63, 3.8) is 0 Å². The van der Waals surface area contributed by atoms with Crippen LogP contribution in [0, 0.1) is 13.8 Å². The smallest absolute Gasteiger partial charge is 0.143 e. The summed E-state index contributed by atoms with van der Waals surface area (Å²) in [5.74, 6) is 0.769. The van der Waals surface area contributed by atoms with Gasteiger partial charge in [-0.3, -0.25) is 0 Å². The van der Waals surface area contributed by atoms with E-state index >= 15 is 0 Å². The molecule has 3 aromatic rings. The van der Waals surface area contributed by atoms with Crippen molar-refractivity contribution < 1.29 is 5.11 Å². The molecule has 3 rings (SSSR count). The van der Waals surface area contributed by atoms with E-state index in [4.69, 9.17) is 4.98 Å². The maximum atomic E-state index is 11.1. The fraction of sp³-hybridized carbons (Fsp3) is 0.594. The molecule has 1 unspecified atom stereocenters. The number of unbranched alkanes of at least 4 members (excludes halogenated alkanes) is 13. The first-order chi connectivity index (χ1) is 17.1. The molecule has 0 bridgehead atoms. The van der Waals surface area contributed by atoms with Gasteiger partial charge in [0.05, 0.1) is 11.0 Å². The number of imidazole rings is 1. The minimum atomic E-state index is -0.698. The fourth-order valence-corrected chi connectivity index (χ4v) is 5.09. The number of rotatable bonds is 17. The Morgan fingerprint density at radius 2 is 1.23 bits per heavy atom. The third-order valence-electron chi connectivity index (χ3n) is 7.49. The van der Waals surface area contributed by atoms with Crippen molar-refractivity contribution in [1.29, 1.82) is 0 Å². The second kappa shape index (κ2) is 15.1. The van der Waals surface area contributed by atoms with Gasteiger partial charge in [-0.05, 0) is 49.1 Å². The quantitative estimate of drug-likeness (QED) is 0.197. The van der Waals surface area contributed by atoms with E-state index in [1.807, 2.05) is 30.3 Å². The molecule has 0 aliphatic carbocycles. The van der Waals surface area contributed by atoms with E-state index in [0.29, 0.717) is 0 Å². The average Bonchev–Trinajstić information content (AvgIpc) is 3.21. The molecule has 1 atom stereocenters. The lowest BCUT2D eigenvalue weighted by Gasteiger charge is -2.15. The summed E-state index contributed by atoms with van der Waals surface area (Å²) >= 11 is 0. The highest BCUT2D eigenvalue weighted by molar-refractivity contribution is 5.78. The molecule has 0 saturated carbocycles. The van der Waals surface area contributed by atoms with Gasteiger partial charge in [0.15, 0.2) is 0 Å². The highest BCUT2D eigenvalue weighted by atomic mass is 16.3. The third-order valence-corrected chi connectivity index (χ3v) is 7.49. The number of nitrogens with zero attached hydrogens (tertiary/aromatic N) is 2. The van der Waals surface area contributed by atoms with E-state index in [2.05, 4.69) is 37.5 Å². The second-order valence-electron chi connectivity index (χ2n) is 10.5. The molecule has 0 spiro atoms. The molecule has 1 N–H and O–H groups in total. The van der Waals surface area contributed by atoms with Gasteiger partial charge in [0, 0.05) is 6.54 Å². The normalized spacial score (nSPS) is 12.5. The van der Waals surface area contributed by atoms with Gasteiger partial charge >= 0.3 is 0 Å². The number of hydrogen-bond donors (Lipinski definition) is 1. The highest BCUT2D eigenvalue weighted by Gasteiger charge is 2.20. The Balaban J connectivity index is 1.44. The predicted octanol–water partition coefficient (Wildman–Crippen LogP) is 9.22. The molecule has 2 aromatic carbocycles. The summed E-state index contributed by atoms with van der Waals surface area (Å²) < 4.78 is 2.26. The maximum absolute atomic E-state index is 11.1. The molecule has 35 heavy (non-hydrogen) atoms. The van der Waals surface area contributed by atoms with Crippen molar-refractivity contribution in [3.8, 4) is 0 Å². The van der Waals surface area contributed by atoms with Gasteiger partial charge in [-0.25, -0.2) is 4.98 Å². The van der Waals surface area contributed by atoms with Gasteiger partial charge < -0.3 is 9.67 Å². The molecule has 192 valence electrons. The van der Waals surface area contributed by atoms with Crippen molar-refractivity contribution in [3.05, 3.63) is 65.0 Å². The lowest BCUT2D eigenvalue weighted by molar-refractivity contribution is 0.204. The Morgan fingerprint density at radius 3 is 1.80 bits per heavy atom. The van der Waals surface area contributed by atoms with Crippen molar-refractivity contribution >= 4 is 11.0 Å². The summed E-state index contributed by atoms with van der Waals surface area (Å²) in [4.78, 5) is 4.89. The van der Waals surface area contributed by atoms with Crippen LogP contribution < -0.4 is 0 Å². The monoisotopic (exact) mass is 476 g/mol. The van der Waals surface area contributed by atoms with E-state index < -0.39 is 6.10 Å². The summed E-state index contributed by atoms with van der Waals surface area (Å²) in [5, 5.41) is 11.1. The molecule has 0 radical (unpaired) electrons. The average molecular weight is 477 g/mol. The first-order valence-corrected chi connectivity index (χ1v) is 14.3. The van der Waals surface area contributed by atoms with Gasteiger partial charge in [-0.2, -0.15) is 0 Å². The van der Waals surface area contributed by atoms with E-state index in [9.17, 15) is 5.11 Å². The fourth-order valence-electron chi connectivity index (χ4n) is 5.09. The third kappa shape index (κ3) is 8.49. The molecule has 3 heteroatoms. The molecule has 0 amide bonds. The predicted molar refractivity (Wildman–Crippen MR) is 150 cm³/mol. The topological polar surface area (TPSA) is 38.0 Å². The maximum Gasteiger partial charge on any atom is 0.143 e. The highest BCUT2D eigenvalue weighted by Crippen LogP contribution is 2.28. The molecule has 0 aliphatic heterocycles. The van der Waals surface area contributed by atoms with E-state index in [1.165, 1.54) is 94.6 Å². The SMILES string of the molecule is CCCCCCCCCCCCCCCCn1c(C(O)c2ccccc2)nc2cc(C)c(C)cc21. The Hall–Kier alpha value is -2.13. The molecule has 0 saturated heterocycles. The number of aliphatic hydroxyl groups excluding tert-OH is 1. The first-order valence-electron chi connectivity index (χ1n) is 14.3. The van der Waals surface area contributed by atoms with Crippen LogP contribution in [-0.2, 0) is 6.54 Å². The van der Waals surface area contributed by atoms with Gasteiger partial charge in [0.25, 0.3) is 0 Å².